The number of Topliss-reactive ketones (excluding diaryl/α,β-unsaturated/α-hetero) is 1. The average Bonchev–Trinajstić information content (AvgIpc) is 3.03. The van der Waals surface area contributed by atoms with Crippen molar-refractivity contribution in [3.63, 3.8) is 0 Å². The maximum Gasteiger partial charge on any atom is 0.306 e. The first-order valence-electron chi connectivity index (χ1n) is 12.7. The molecular weight excluding hydrogens is 475 g/mol. The van der Waals surface area contributed by atoms with Crippen molar-refractivity contribution in [1.82, 2.24) is 0 Å². The molecule has 4 aliphatic carbocycles. The van der Waals surface area contributed by atoms with Crippen molar-refractivity contribution in [2.24, 2.45) is 28.6 Å². The predicted octanol–water partition coefficient (Wildman–Crippen LogP) is 4.20. The summed E-state index contributed by atoms with van der Waals surface area (Å²) in [5.41, 5.74) is -3.32. The van der Waals surface area contributed by atoms with Gasteiger partial charge in [0.15, 0.2) is 11.4 Å². The molecule has 4 aliphatic rings. The molecule has 0 radical (unpaired) electrons. The summed E-state index contributed by atoms with van der Waals surface area (Å²) in [6.45, 7) is 6.65. The number of hydrogen-bond donors (Lipinski definition) is 2. The number of ether oxygens (including phenoxy) is 1. The lowest BCUT2D eigenvalue weighted by molar-refractivity contribution is -0.203. The smallest absolute Gasteiger partial charge is 0.306 e. The van der Waals surface area contributed by atoms with Crippen molar-refractivity contribution in [2.75, 3.05) is 6.61 Å². The minimum atomic E-state index is -1.59. The molecule has 0 aromatic carbocycles. The maximum absolute atomic E-state index is 14.9. The Morgan fingerprint density at radius 1 is 1.29 bits per heavy atom. The van der Waals surface area contributed by atoms with E-state index < -0.39 is 63.3 Å². The minimum Gasteiger partial charge on any atom is -0.450 e. The Labute approximate surface area is 210 Å². The highest BCUT2D eigenvalue weighted by Crippen LogP contribution is 2.72. The molecule has 8 atom stereocenters. The van der Waals surface area contributed by atoms with Crippen LogP contribution in [-0.4, -0.2) is 50.9 Å². The first-order valence-corrected chi connectivity index (χ1v) is 13.1. The normalized spacial score (nSPS) is 44.5. The number of ketones is 2. The summed E-state index contributed by atoms with van der Waals surface area (Å²) in [4.78, 5) is 37.0. The van der Waals surface area contributed by atoms with Crippen LogP contribution in [0.5, 0.6) is 0 Å². The molecule has 0 aromatic heterocycles. The second kappa shape index (κ2) is 8.77. The van der Waals surface area contributed by atoms with Crippen LogP contribution in [0.2, 0.25) is 0 Å². The standard InChI is InChI=1S/C27H36ClFO6/c1-5-6-7-22(34)35-27(21(33)14-30)15(2)12-18-16-8-9-17-23(29)19(31)10-11-24(17,3)26(16,28)20(32)13-25(18,27)4/h10-11,15-16,18,20,30,32H,5-9,12-14H2,1-4H3/t15-,16-,18-,20-,24-,25-,26-,27+/m0/s1. The highest BCUT2D eigenvalue weighted by Gasteiger charge is 2.76. The number of aliphatic hydroxyl groups is 2. The van der Waals surface area contributed by atoms with Gasteiger partial charge in [0.1, 0.15) is 6.61 Å². The van der Waals surface area contributed by atoms with E-state index in [9.17, 15) is 29.0 Å². The van der Waals surface area contributed by atoms with Crippen molar-refractivity contribution in [3.05, 3.63) is 23.6 Å². The Balaban J connectivity index is 1.82. The zero-order chi connectivity index (χ0) is 26.0. The Hall–Kier alpha value is -1.57. The van der Waals surface area contributed by atoms with Gasteiger partial charge in [-0.05, 0) is 55.6 Å². The van der Waals surface area contributed by atoms with Gasteiger partial charge < -0.3 is 14.9 Å². The summed E-state index contributed by atoms with van der Waals surface area (Å²) >= 11 is 7.36. The fraction of sp³-hybridized carbons (Fsp3) is 0.741. The third kappa shape index (κ3) is 3.30. The third-order valence-electron chi connectivity index (χ3n) is 9.84. The number of aliphatic hydroxyl groups excluding tert-OH is 2. The quantitative estimate of drug-likeness (QED) is 0.410. The average molecular weight is 511 g/mol. The van der Waals surface area contributed by atoms with Gasteiger partial charge in [0, 0.05) is 23.2 Å². The van der Waals surface area contributed by atoms with Crippen LogP contribution in [-0.2, 0) is 19.1 Å². The van der Waals surface area contributed by atoms with E-state index >= 15 is 0 Å². The van der Waals surface area contributed by atoms with Gasteiger partial charge in [-0.15, -0.1) is 11.6 Å². The summed E-state index contributed by atoms with van der Waals surface area (Å²) in [6.07, 6.45) is 4.51. The molecule has 0 saturated heterocycles. The number of hydrogen-bond acceptors (Lipinski definition) is 6. The van der Waals surface area contributed by atoms with Gasteiger partial charge in [-0.25, -0.2) is 4.39 Å². The van der Waals surface area contributed by atoms with Crippen LogP contribution in [0.1, 0.15) is 72.6 Å². The first-order chi connectivity index (χ1) is 16.3. The Bertz CT molecular complexity index is 1010. The summed E-state index contributed by atoms with van der Waals surface area (Å²) in [5, 5.41) is 21.6. The van der Waals surface area contributed by atoms with Gasteiger partial charge in [-0.1, -0.05) is 40.2 Å². The molecule has 0 aromatic rings. The summed E-state index contributed by atoms with van der Waals surface area (Å²) in [6, 6.07) is 0. The lowest BCUT2D eigenvalue weighted by Gasteiger charge is -2.64. The van der Waals surface area contributed by atoms with Crippen molar-refractivity contribution < 1.29 is 33.7 Å². The largest absolute Gasteiger partial charge is 0.450 e. The number of alkyl halides is 1. The van der Waals surface area contributed by atoms with Crippen molar-refractivity contribution >= 4 is 29.1 Å². The first kappa shape index (κ1) is 26.5. The molecule has 4 rings (SSSR count). The number of allylic oxidation sites excluding steroid dienone is 4. The van der Waals surface area contributed by atoms with Crippen LogP contribution in [0.25, 0.3) is 0 Å². The van der Waals surface area contributed by atoms with Gasteiger partial charge in [-0.3, -0.25) is 14.4 Å². The zero-order valence-electron chi connectivity index (χ0n) is 20.9. The maximum atomic E-state index is 14.9. The van der Waals surface area contributed by atoms with Crippen LogP contribution >= 0.6 is 11.6 Å². The molecule has 2 N–H and O–H groups in total. The number of unbranched alkanes of at least 4 members (excludes halogenated alkanes) is 1. The van der Waals surface area contributed by atoms with Gasteiger partial charge in [0.25, 0.3) is 0 Å². The lowest BCUT2D eigenvalue weighted by Crippen LogP contribution is -2.69. The summed E-state index contributed by atoms with van der Waals surface area (Å²) in [7, 11) is 0. The topological polar surface area (TPSA) is 101 Å². The third-order valence-corrected chi connectivity index (χ3v) is 10.8. The van der Waals surface area contributed by atoms with Gasteiger partial charge >= 0.3 is 5.97 Å². The van der Waals surface area contributed by atoms with Gasteiger partial charge in [0.05, 0.1) is 11.0 Å². The molecule has 194 valence electrons. The molecule has 3 fully saturated rings. The van der Waals surface area contributed by atoms with Crippen LogP contribution in [0, 0.1) is 28.6 Å². The number of rotatable bonds is 6. The molecule has 0 spiro atoms. The fourth-order valence-electron chi connectivity index (χ4n) is 8.15. The van der Waals surface area contributed by atoms with E-state index in [2.05, 4.69) is 0 Å². The molecule has 8 heteroatoms. The van der Waals surface area contributed by atoms with Gasteiger partial charge in [-0.2, -0.15) is 0 Å². The SMILES string of the molecule is CCCCC(=O)O[C@@]1(C(=O)CO)[C@@H](C)C[C@H]2[C@@H]3CCC4=C(F)C(=O)C=C[C@]4(C)[C@@]3(Cl)[C@@H](O)C[C@@]21C. The highest BCUT2D eigenvalue weighted by molar-refractivity contribution is 6.26. The van der Waals surface area contributed by atoms with Crippen LogP contribution in [0.15, 0.2) is 23.6 Å². The molecule has 0 bridgehead atoms. The van der Waals surface area contributed by atoms with E-state index in [1.807, 2.05) is 20.8 Å². The molecule has 0 amide bonds. The summed E-state index contributed by atoms with van der Waals surface area (Å²) in [5.74, 6) is -3.50. The van der Waals surface area contributed by atoms with Crippen LogP contribution in [0.4, 0.5) is 4.39 Å². The Morgan fingerprint density at radius 3 is 2.60 bits per heavy atom. The van der Waals surface area contributed by atoms with Crippen molar-refractivity contribution in [2.45, 2.75) is 89.2 Å². The molecule has 0 unspecified atom stereocenters. The highest BCUT2D eigenvalue weighted by atomic mass is 35.5. The van der Waals surface area contributed by atoms with Crippen molar-refractivity contribution in [3.8, 4) is 0 Å². The van der Waals surface area contributed by atoms with E-state index in [0.717, 1.165) is 6.42 Å². The van der Waals surface area contributed by atoms with E-state index in [0.29, 0.717) is 31.3 Å². The number of halogens is 2. The number of esters is 1. The fourth-order valence-corrected chi connectivity index (χ4v) is 8.66. The molecule has 35 heavy (non-hydrogen) atoms. The number of fused-ring (bicyclic) bond motifs is 5. The zero-order valence-corrected chi connectivity index (χ0v) is 21.7. The summed E-state index contributed by atoms with van der Waals surface area (Å²) < 4.78 is 21.0. The number of carbonyl (C=O) groups is 3. The second-order valence-corrected chi connectivity index (χ2v) is 12.0. The van der Waals surface area contributed by atoms with E-state index in [-0.39, 0.29) is 24.7 Å². The predicted molar refractivity (Wildman–Crippen MR) is 128 cm³/mol. The van der Waals surface area contributed by atoms with Gasteiger partial charge in [0.2, 0.25) is 11.6 Å². The number of carbonyl (C=O) groups excluding carboxylic acids is 3. The van der Waals surface area contributed by atoms with Crippen LogP contribution in [0.3, 0.4) is 0 Å². The molecular formula is C27H36ClFO6. The van der Waals surface area contributed by atoms with Crippen molar-refractivity contribution in [1.29, 1.82) is 0 Å². The molecule has 3 saturated carbocycles. The Morgan fingerprint density at radius 2 is 1.97 bits per heavy atom. The lowest BCUT2D eigenvalue weighted by atomic mass is 9.45. The second-order valence-electron chi connectivity index (χ2n) is 11.4. The van der Waals surface area contributed by atoms with Crippen LogP contribution < -0.4 is 0 Å². The van der Waals surface area contributed by atoms with E-state index in [1.54, 1.807) is 13.0 Å². The Kier molecular flexibility index (Phi) is 6.64. The van der Waals surface area contributed by atoms with E-state index in [4.69, 9.17) is 16.3 Å². The molecule has 6 nitrogen and oxygen atoms in total. The monoisotopic (exact) mass is 510 g/mol. The molecule has 0 heterocycles. The minimum absolute atomic E-state index is 0.0427. The van der Waals surface area contributed by atoms with E-state index in [1.165, 1.54) is 6.08 Å². The molecule has 0 aliphatic heterocycles.